The highest BCUT2D eigenvalue weighted by Crippen LogP contribution is 2.28. The maximum atomic E-state index is 12.1. The van der Waals surface area contributed by atoms with Gasteiger partial charge in [-0.3, -0.25) is 4.79 Å². The van der Waals surface area contributed by atoms with Crippen molar-refractivity contribution in [1.29, 1.82) is 0 Å². The molecule has 0 aromatic heterocycles. The molecule has 0 atom stereocenters. The maximum Gasteiger partial charge on any atom is 0.397 e. The molecule has 16 heavy (non-hydrogen) atoms. The van der Waals surface area contributed by atoms with E-state index >= 15 is 0 Å². The Bertz CT molecular complexity index is 239. The Hall–Kier alpha value is -0.780. The van der Waals surface area contributed by atoms with E-state index in [0.717, 1.165) is 19.3 Å². The average Bonchev–Trinajstić information content (AvgIpc) is 2.05. The van der Waals surface area contributed by atoms with Gasteiger partial charge in [0.15, 0.2) is 0 Å². The summed E-state index contributed by atoms with van der Waals surface area (Å²) in [5, 5.41) is 8.64. The van der Waals surface area contributed by atoms with E-state index in [1.54, 1.807) is 0 Å². The highest BCUT2D eigenvalue weighted by molar-refractivity contribution is 5.77. The molecule has 1 fully saturated rings. The van der Waals surface area contributed by atoms with Crippen LogP contribution in [0.5, 0.6) is 0 Å². The van der Waals surface area contributed by atoms with E-state index < -0.39 is 18.5 Å². The molecule has 1 N–H and O–H groups in total. The van der Waals surface area contributed by atoms with Crippen molar-refractivity contribution in [2.45, 2.75) is 44.3 Å². The lowest BCUT2D eigenvalue weighted by molar-refractivity contribution is -0.164. The minimum absolute atomic E-state index is 0.0543. The van der Waals surface area contributed by atoms with Crippen LogP contribution in [0, 0.1) is 0 Å². The quantitative estimate of drug-likeness (QED) is 0.793. The van der Waals surface area contributed by atoms with Gasteiger partial charge >= 0.3 is 6.18 Å². The summed E-state index contributed by atoms with van der Waals surface area (Å²) >= 11 is 0. The third-order valence-corrected chi connectivity index (χ3v) is 2.74. The van der Waals surface area contributed by atoms with E-state index in [2.05, 4.69) is 0 Å². The van der Waals surface area contributed by atoms with Crippen molar-refractivity contribution < 1.29 is 23.1 Å². The molecule has 3 nitrogen and oxygen atoms in total. The average molecular weight is 239 g/mol. The second-order valence-electron chi connectivity index (χ2n) is 4.04. The van der Waals surface area contributed by atoms with Gasteiger partial charge in [0, 0.05) is 19.2 Å². The lowest BCUT2D eigenvalue weighted by atomic mass is 9.91. The van der Waals surface area contributed by atoms with Gasteiger partial charge in [-0.05, 0) is 25.7 Å². The number of alkyl halides is 3. The number of nitrogens with zero attached hydrogens (tertiary/aromatic N) is 1. The number of amides is 1. The van der Waals surface area contributed by atoms with E-state index in [-0.39, 0.29) is 19.2 Å². The molecule has 1 amide bonds. The Kier molecular flexibility index (Phi) is 4.58. The van der Waals surface area contributed by atoms with Gasteiger partial charge in [0.2, 0.25) is 5.91 Å². The number of aliphatic hydroxyl groups excluding tert-OH is 1. The second-order valence-corrected chi connectivity index (χ2v) is 4.04. The van der Waals surface area contributed by atoms with Crippen LogP contribution in [0.3, 0.4) is 0 Å². The highest BCUT2D eigenvalue weighted by atomic mass is 19.4. The summed E-state index contributed by atoms with van der Waals surface area (Å²) in [5.41, 5.74) is 0. The fourth-order valence-electron chi connectivity index (χ4n) is 1.72. The smallest absolute Gasteiger partial charge is 0.396 e. The number of hydrogen-bond donors (Lipinski definition) is 1. The van der Waals surface area contributed by atoms with Crippen LogP contribution in [0.15, 0.2) is 0 Å². The fourth-order valence-corrected chi connectivity index (χ4v) is 1.72. The Morgan fingerprint density at radius 2 is 2.00 bits per heavy atom. The molecule has 1 aliphatic carbocycles. The van der Waals surface area contributed by atoms with Gasteiger partial charge in [-0.15, -0.1) is 0 Å². The standard InChI is InChI=1S/C10H16F3NO2/c11-10(12,13)7-9(16)14(5-2-6-15)8-3-1-4-8/h8,15H,1-7H2. The molecule has 94 valence electrons. The van der Waals surface area contributed by atoms with Gasteiger partial charge < -0.3 is 10.0 Å². The second kappa shape index (κ2) is 5.52. The van der Waals surface area contributed by atoms with E-state index in [4.69, 9.17) is 5.11 Å². The van der Waals surface area contributed by atoms with Crippen LogP contribution in [0.25, 0.3) is 0 Å². The summed E-state index contributed by atoms with van der Waals surface area (Å²) in [7, 11) is 0. The lowest BCUT2D eigenvalue weighted by Gasteiger charge is -2.37. The summed E-state index contributed by atoms with van der Waals surface area (Å²) < 4.78 is 36.2. The van der Waals surface area contributed by atoms with Crippen LogP contribution < -0.4 is 0 Å². The van der Waals surface area contributed by atoms with Crippen molar-refractivity contribution in [3.8, 4) is 0 Å². The monoisotopic (exact) mass is 239 g/mol. The van der Waals surface area contributed by atoms with Crippen molar-refractivity contribution in [2.24, 2.45) is 0 Å². The van der Waals surface area contributed by atoms with Gasteiger partial charge in [0.05, 0.1) is 0 Å². The first-order chi connectivity index (χ1) is 7.44. The molecule has 6 heteroatoms. The Balaban J connectivity index is 2.50. The first-order valence-electron chi connectivity index (χ1n) is 5.41. The summed E-state index contributed by atoms with van der Waals surface area (Å²) in [5.74, 6) is -0.870. The van der Waals surface area contributed by atoms with Gasteiger partial charge in [-0.1, -0.05) is 0 Å². The van der Waals surface area contributed by atoms with E-state index in [9.17, 15) is 18.0 Å². The predicted octanol–water partition coefficient (Wildman–Crippen LogP) is 1.70. The number of carbonyl (C=O) groups is 1. The molecule has 0 aromatic rings. The normalized spacial score (nSPS) is 17.0. The minimum atomic E-state index is -4.45. The molecule has 0 aliphatic heterocycles. The molecular weight excluding hydrogens is 223 g/mol. The molecule has 0 saturated heterocycles. The van der Waals surface area contributed by atoms with Gasteiger partial charge in [-0.2, -0.15) is 13.2 Å². The molecular formula is C10H16F3NO2. The summed E-state index contributed by atoms with van der Waals surface area (Å²) in [6.07, 6.45) is -3.00. The topological polar surface area (TPSA) is 40.5 Å². The first kappa shape index (κ1) is 13.3. The number of halogens is 3. The van der Waals surface area contributed by atoms with Crippen LogP contribution in [0.1, 0.15) is 32.1 Å². The third-order valence-electron chi connectivity index (χ3n) is 2.74. The lowest BCUT2D eigenvalue weighted by Crippen LogP contribution is -2.46. The zero-order valence-corrected chi connectivity index (χ0v) is 8.96. The van der Waals surface area contributed by atoms with Crippen LogP contribution in [-0.2, 0) is 4.79 Å². The first-order valence-corrected chi connectivity index (χ1v) is 5.41. The zero-order chi connectivity index (χ0) is 12.2. The minimum Gasteiger partial charge on any atom is -0.396 e. The highest BCUT2D eigenvalue weighted by Gasteiger charge is 2.36. The summed E-state index contributed by atoms with van der Waals surface area (Å²) in [6.45, 7) is 0.110. The zero-order valence-electron chi connectivity index (χ0n) is 8.96. The van der Waals surface area contributed by atoms with E-state index in [1.165, 1.54) is 4.90 Å². The molecule has 1 saturated carbocycles. The SMILES string of the molecule is O=C(CC(F)(F)F)N(CCCO)C1CCC1. The van der Waals surface area contributed by atoms with Crippen molar-refractivity contribution in [3.05, 3.63) is 0 Å². The fraction of sp³-hybridized carbons (Fsp3) is 0.900. The maximum absolute atomic E-state index is 12.1. The molecule has 0 heterocycles. The summed E-state index contributed by atoms with van der Waals surface area (Å²) in [4.78, 5) is 12.7. The number of hydrogen-bond acceptors (Lipinski definition) is 2. The number of carbonyl (C=O) groups excluding carboxylic acids is 1. The number of rotatable bonds is 5. The van der Waals surface area contributed by atoms with Crippen molar-refractivity contribution >= 4 is 5.91 Å². The number of aliphatic hydroxyl groups is 1. The predicted molar refractivity (Wildman–Crippen MR) is 51.7 cm³/mol. The summed E-state index contributed by atoms with van der Waals surface area (Å²) in [6, 6.07) is -0.0543. The van der Waals surface area contributed by atoms with Crippen molar-refractivity contribution in [3.63, 3.8) is 0 Å². The van der Waals surface area contributed by atoms with E-state index in [1.807, 2.05) is 0 Å². The third kappa shape index (κ3) is 4.00. The molecule has 1 aliphatic rings. The Morgan fingerprint density at radius 3 is 2.38 bits per heavy atom. The molecule has 0 unspecified atom stereocenters. The molecule has 0 bridgehead atoms. The molecule has 0 radical (unpaired) electrons. The molecule has 0 aromatic carbocycles. The molecule has 1 rings (SSSR count). The van der Waals surface area contributed by atoms with Crippen molar-refractivity contribution in [2.75, 3.05) is 13.2 Å². The van der Waals surface area contributed by atoms with Crippen LogP contribution >= 0.6 is 0 Å². The van der Waals surface area contributed by atoms with Gasteiger partial charge in [-0.25, -0.2) is 0 Å². The van der Waals surface area contributed by atoms with Gasteiger partial charge in [0.25, 0.3) is 0 Å². The Morgan fingerprint density at radius 1 is 1.38 bits per heavy atom. The van der Waals surface area contributed by atoms with Gasteiger partial charge in [0.1, 0.15) is 6.42 Å². The largest absolute Gasteiger partial charge is 0.397 e. The molecule has 0 spiro atoms. The van der Waals surface area contributed by atoms with Crippen molar-refractivity contribution in [1.82, 2.24) is 4.90 Å². The Labute approximate surface area is 92.2 Å². The van der Waals surface area contributed by atoms with Crippen LogP contribution in [-0.4, -0.2) is 41.3 Å². The van der Waals surface area contributed by atoms with Crippen LogP contribution in [0.4, 0.5) is 13.2 Å². The van der Waals surface area contributed by atoms with E-state index in [0.29, 0.717) is 6.42 Å². The van der Waals surface area contributed by atoms with Crippen LogP contribution in [0.2, 0.25) is 0 Å².